The maximum atomic E-state index is 14.7. The topological polar surface area (TPSA) is 139 Å². The zero-order valence-electron chi connectivity index (χ0n) is 28.0. The Morgan fingerprint density at radius 1 is 0.980 bits per heavy atom. The van der Waals surface area contributed by atoms with Crippen molar-refractivity contribution in [2.45, 2.75) is 57.1 Å². The van der Waals surface area contributed by atoms with E-state index in [9.17, 15) is 28.1 Å². The van der Waals surface area contributed by atoms with Gasteiger partial charge in [-0.1, -0.05) is 72.6 Å². The molecule has 0 aliphatic heterocycles. The van der Waals surface area contributed by atoms with Crippen molar-refractivity contribution < 1.29 is 27.7 Å². The molecule has 4 rings (SSSR count). The molecular formula is C36H38Cl2N4O7S. The van der Waals surface area contributed by atoms with Crippen LogP contribution in [0.25, 0.3) is 0 Å². The highest BCUT2D eigenvalue weighted by molar-refractivity contribution is 7.92. The molecule has 0 heterocycles. The van der Waals surface area contributed by atoms with E-state index in [1.54, 1.807) is 12.1 Å². The van der Waals surface area contributed by atoms with Crippen LogP contribution in [0.5, 0.6) is 5.75 Å². The number of hydrogen-bond donors (Lipinski definition) is 1. The molecule has 0 fully saturated rings. The minimum atomic E-state index is -4.59. The summed E-state index contributed by atoms with van der Waals surface area (Å²) in [5.74, 6) is -0.723. The van der Waals surface area contributed by atoms with Gasteiger partial charge in [0, 0.05) is 40.7 Å². The summed E-state index contributed by atoms with van der Waals surface area (Å²) in [6.45, 7) is 4.34. The van der Waals surface area contributed by atoms with Gasteiger partial charge in [0.05, 0.1) is 22.6 Å². The number of amides is 2. The Balaban J connectivity index is 1.87. The van der Waals surface area contributed by atoms with Crippen molar-refractivity contribution in [2.75, 3.05) is 18.0 Å². The van der Waals surface area contributed by atoms with Crippen molar-refractivity contribution >= 4 is 56.4 Å². The average Bonchev–Trinajstić information content (AvgIpc) is 3.09. The van der Waals surface area contributed by atoms with Crippen molar-refractivity contribution in [3.8, 4) is 5.75 Å². The highest BCUT2D eigenvalue weighted by Gasteiger charge is 2.36. The van der Waals surface area contributed by atoms with Gasteiger partial charge in [0.2, 0.25) is 11.8 Å². The number of methoxy groups -OCH3 is 1. The minimum Gasteiger partial charge on any atom is -0.497 e. The fourth-order valence-electron chi connectivity index (χ4n) is 5.18. The standard InChI is InChI=1S/C36H38Cl2N4O7S/c1-5-25(3)39-36(44)34(19-26-9-7-6-8-10-26)40(22-27-12-13-28(37)20-32(27)38)35(43)23-41(29-14-16-30(49-4)17-15-29)50(47,48)31-18-11-24(2)33(21-31)42(45)46/h6-18,20-21,25,34H,5,19,22-23H2,1-4H3,(H,39,44)/t25-,34+/m0/s1. The van der Waals surface area contributed by atoms with E-state index in [2.05, 4.69) is 5.32 Å². The number of nitrogens with one attached hydrogen (secondary N) is 1. The van der Waals surface area contributed by atoms with Crippen LogP contribution in [0, 0.1) is 17.0 Å². The summed E-state index contributed by atoms with van der Waals surface area (Å²) in [6.07, 6.45) is 0.742. The first kappa shape index (κ1) is 38.2. The molecule has 0 unspecified atom stereocenters. The molecule has 11 nitrogen and oxygen atoms in total. The third-order valence-electron chi connectivity index (χ3n) is 8.23. The lowest BCUT2D eigenvalue weighted by molar-refractivity contribution is -0.385. The van der Waals surface area contributed by atoms with Gasteiger partial charge in [0.15, 0.2) is 0 Å². The summed E-state index contributed by atoms with van der Waals surface area (Å²) >= 11 is 12.7. The van der Waals surface area contributed by atoms with Crippen molar-refractivity contribution in [3.63, 3.8) is 0 Å². The van der Waals surface area contributed by atoms with Crippen LogP contribution in [0.1, 0.15) is 37.0 Å². The molecule has 0 aliphatic rings. The van der Waals surface area contributed by atoms with E-state index >= 15 is 0 Å². The number of aryl methyl sites for hydroxylation is 1. The number of rotatable bonds is 15. The lowest BCUT2D eigenvalue weighted by atomic mass is 10.0. The largest absolute Gasteiger partial charge is 0.497 e. The van der Waals surface area contributed by atoms with Gasteiger partial charge < -0.3 is 15.0 Å². The van der Waals surface area contributed by atoms with Gasteiger partial charge in [0.1, 0.15) is 18.3 Å². The van der Waals surface area contributed by atoms with E-state index in [-0.39, 0.29) is 40.2 Å². The SMILES string of the molecule is CC[C@H](C)NC(=O)[C@@H](Cc1ccccc1)N(Cc1ccc(Cl)cc1Cl)C(=O)CN(c1ccc(OC)cc1)S(=O)(=O)c1ccc(C)c([N+](=O)[O-])c1. The smallest absolute Gasteiger partial charge is 0.273 e. The third kappa shape index (κ3) is 9.32. The zero-order chi connectivity index (χ0) is 36.6. The number of nitro benzene ring substituents is 1. The highest BCUT2D eigenvalue weighted by Crippen LogP contribution is 2.30. The number of benzene rings is 4. The van der Waals surface area contributed by atoms with Gasteiger partial charge in [-0.25, -0.2) is 8.42 Å². The van der Waals surface area contributed by atoms with Crippen LogP contribution in [-0.2, 0) is 32.6 Å². The molecule has 0 saturated heterocycles. The summed E-state index contributed by atoms with van der Waals surface area (Å²) in [5.41, 5.74) is 1.21. The van der Waals surface area contributed by atoms with E-state index in [4.69, 9.17) is 27.9 Å². The van der Waals surface area contributed by atoms with E-state index in [1.165, 1.54) is 61.4 Å². The minimum absolute atomic E-state index is 0.0931. The molecule has 2 atom stereocenters. The molecule has 2 amide bonds. The predicted molar refractivity (Wildman–Crippen MR) is 194 cm³/mol. The summed E-state index contributed by atoms with van der Waals surface area (Å²) in [4.78, 5) is 40.7. The molecule has 264 valence electrons. The van der Waals surface area contributed by atoms with E-state index < -0.39 is 45.0 Å². The number of ether oxygens (including phenoxy) is 1. The zero-order valence-corrected chi connectivity index (χ0v) is 30.3. The summed E-state index contributed by atoms with van der Waals surface area (Å²) in [7, 11) is -3.14. The van der Waals surface area contributed by atoms with Crippen LogP contribution in [-0.4, -0.2) is 55.8 Å². The van der Waals surface area contributed by atoms with Crippen molar-refractivity contribution in [2.24, 2.45) is 0 Å². The molecule has 1 N–H and O–H groups in total. The normalized spacial score (nSPS) is 12.4. The first-order chi connectivity index (χ1) is 23.7. The molecule has 0 radical (unpaired) electrons. The number of hydrogen-bond acceptors (Lipinski definition) is 7. The van der Waals surface area contributed by atoms with Crippen molar-refractivity contribution in [1.29, 1.82) is 0 Å². The van der Waals surface area contributed by atoms with Gasteiger partial charge in [-0.2, -0.15) is 0 Å². The second-order valence-electron chi connectivity index (χ2n) is 11.7. The number of anilines is 1. The van der Waals surface area contributed by atoms with Crippen LogP contribution in [0.4, 0.5) is 11.4 Å². The summed E-state index contributed by atoms with van der Waals surface area (Å²) < 4.78 is 34.8. The van der Waals surface area contributed by atoms with E-state index in [0.29, 0.717) is 22.8 Å². The number of nitrogens with zero attached hydrogens (tertiary/aromatic N) is 3. The molecule has 0 saturated carbocycles. The summed E-state index contributed by atoms with van der Waals surface area (Å²) in [5, 5.41) is 15.4. The third-order valence-corrected chi connectivity index (χ3v) is 10.6. The number of carbonyl (C=O) groups excluding carboxylic acids is 2. The van der Waals surface area contributed by atoms with Crippen LogP contribution in [0.15, 0.2) is 95.9 Å². The number of carbonyl (C=O) groups is 2. The Morgan fingerprint density at radius 2 is 1.66 bits per heavy atom. The molecule has 0 spiro atoms. The van der Waals surface area contributed by atoms with Gasteiger partial charge in [-0.05, 0) is 73.9 Å². The summed E-state index contributed by atoms with van der Waals surface area (Å²) in [6, 6.07) is 22.1. The van der Waals surface area contributed by atoms with E-state index in [0.717, 1.165) is 15.9 Å². The van der Waals surface area contributed by atoms with Crippen LogP contribution >= 0.6 is 23.2 Å². The maximum absolute atomic E-state index is 14.7. The fourth-order valence-corrected chi connectivity index (χ4v) is 7.08. The second kappa shape index (κ2) is 16.8. The molecule has 0 aromatic heterocycles. The first-order valence-corrected chi connectivity index (χ1v) is 17.9. The van der Waals surface area contributed by atoms with Gasteiger partial charge in [0.25, 0.3) is 15.7 Å². The predicted octanol–water partition coefficient (Wildman–Crippen LogP) is 6.97. The second-order valence-corrected chi connectivity index (χ2v) is 14.4. The Morgan fingerprint density at radius 3 is 2.26 bits per heavy atom. The molecule has 14 heteroatoms. The lowest BCUT2D eigenvalue weighted by Gasteiger charge is -2.34. The number of halogens is 2. The molecular weight excluding hydrogens is 703 g/mol. The Bertz CT molecular complexity index is 1940. The van der Waals surface area contributed by atoms with Gasteiger partial charge in [-0.3, -0.25) is 24.0 Å². The van der Waals surface area contributed by atoms with Gasteiger partial charge >= 0.3 is 0 Å². The fraction of sp³-hybridized carbons (Fsp3) is 0.278. The molecule has 4 aromatic carbocycles. The molecule has 0 bridgehead atoms. The first-order valence-electron chi connectivity index (χ1n) is 15.7. The maximum Gasteiger partial charge on any atom is 0.273 e. The van der Waals surface area contributed by atoms with Crippen molar-refractivity contribution in [3.05, 3.63) is 128 Å². The van der Waals surface area contributed by atoms with Crippen LogP contribution in [0.3, 0.4) is 0 Å². The molecule has 4 aromatic rings. The Hall–Kier alpha value is -4.65. The molecule has 0 aliphatic carbocycles. The van der Waals surface area contributed by atoms with E-state index in [1.807, 2.05) is 44.2 Å². The lowest BCUT2D eigenvalue weighted by Crippen LogP contribution is -2.54. The average molecular weight is 742 g/mol. The Kier molecular flexibility index (Phi) is 12.9. The quantitative estimate of drug-likeness (QED) is 0.103. The number of nitro groups is 1. The van der Waals surface area contributed by atoms with Crippen molar-refractivity contribution in [1.82, 2.24) is 10.2 Å². The van der Waals surface area contributed by atoms with Gasteiger partial charge in [-0.15, -0.1) is 0 Å². The van der Waals surface area contributed by atoms with Crippen LogP contribution < -0.4 is 14.4 Å². The monoisotopic (exact) mass is 740 g/mol. The Labute approximate surface area is 302 Å². The molecule has 50 heavy (non-hydrogen) atoms. The highest BCUT2D eigenvalue weighted by atomic mass is 35.5. The van der Waals surface area contributed by atoms with Crippen LogP contribution in [0.2, 0.25) is 10.0 Å². The number of sulfonamides is 1.